The van der Waals surface area contributed by atoms with E-state index in [4.69, 9.17) is 14.2 Å². The minimum Gasteiger partial charge on any atom is -0.459 e. The van der Waals surface area contributed by atoms with Crippen molar-refractivity contribution in [3.63, 3.8) is 0 Å². The third-order valence-corrected chi connectivity index (χ3v) is 8.82. The number of piperazine rings is 1. The lowest BCUT2D eigenvalue weighted by Gasteiger charge is -2.47. The topological polar surface area (TPSA) is 162 Å². The number of carbonyl (C=O) groups excluding carboxylic acids is 5. The summed E-state index contributed by atoms with van der Waals surface area (Å²) in [7, 11) is 3.95. The number of aliphatic imine (C=N–C) groups is 1. The Kier molecular flexibility index (Phi) is 14.5. The molecule has 2 aliphatic rings. The first-order valence-corrected chi connectivity index (χ1v) is 17.9. The van der Waals surface area contributed by atoms with E-state index < -0.39 is 42.1 Å². The number of hydrogen-bond donors (Lipinski definition) is 2. The van der Waals surface area contributed by atoms with Crippen LogP contribution in [-0.4, -0.2) is 115 Å². The maximum atomic E-state index is 13.6. The monoisotopic (exact) mass is 741 g/mol. The average Bonchev–Trinajstić information content (AvgIpc) is 3.18. The van der Waals surface area contributed by atoms with Gasteiger partial charge in [-0.2, -0.15) is 0 Å². The fourth-order valence-corrected chi connectivity index (χ4v) is 6.08. The summed E-state index contributed by atoms with van der Waals surface area (Å²) < 4.78 is 16.2. The molecular weight excluding hydrogens is 694 g/mol. The SMILES string of the molecule is CN(C)CN1CCN(C(=O)N2C(=O)C(CCCN=C(NC(=O)OCc3ccccc3)NC(=O)OCc3ccccc3)C2C(=O)OCc2ccccc2)CC1. The van der Waals surface area contributed by atoms with Crippen molar-refractivity contribution in [1.82, 2.24) is 30.2 Å². The van der Waals surface area contributed by atoms with Gasteiger partial charge in [0.05, 0.1) is 12.6 Å². The first-order chi connectivity index (χ1) is 26.2. The van der Waals surface area contributed by atoms with E-state index >= 15 is 0 Å². The number of nitrogens with one attached hydrogen (secondary N) is 2. The van der Waals surface area contributed by atoms with Crippen LogP contribution in [0.5, 0.6) is 0 Å². The van der Waals surface area contributed by atoms with E-state index in [0.29, 0.717) is 26.2 Å². The van der Waals surface area contributed by atoms with E-state index in [0.717, 1.165) is 28.3 Å². The van der Waals surface area contributed by atoms with Crippen LogP contribution in [0.2, 0.25) is 0 Å². The van der Waals surface area contributed by atoms with E-state index in [1.54, 1.807) is 29.2 Å². The highest BCUT2D eigenvalue weighted by Gasteiger charge is 2.56. The number of imide groups is 1. The molecule has 3 aromatic carbocycles. The molecule has 286 valence electrons. The molecule has 0 bridgehead atoms. The minimum atomic E-state index is -1.10. The van der Waals surface area contributed by atoms with E-state index in [1.165, 1.54) is 0 Å². The molecule has 5 rings (SSSR count). The van der Waals surface area contributed by atoms with Crippen molar-refractivity contribution in [3.8, 4) is 0 Å². The molecule has 0 saturated carbocycles. The number of nitrogens with zero attached hydrogens (tertiary/aromatic N) is 5. The van der Waals surface area contributed by atoms with Crippen molar-refractivity contribution < 1.29 is 38.2 Å². The number of alkyl carbamates (subject to hydrolysis) is 2. The van der Waals surface area contributed by atoms with Crippen molar-refractivity contribution in [2.75, 3.05) is 53.5 Å². The zero-order valence-corrected chi connectivity index (χ0v) is 30.6. The second kappa shape index (κ2) is 19.9. The summed E-state index contributed by atoms with van der Waals surface area (Å²) in [6, 6.07) is 25.7. The molecule has 2 fully saturated rings. The van der Waals surface area contributed by atoms with Crippen LogP contribution < -0.4 is 10.6 Å². The van der Waals surface area contributed by atoms with Crippen LogP contribution >= 0.6 is 0 Å². The van der Waals surface area contributed by atoms with Gasteiger partial charge in [0.15, 0.2) is 6.04 Å². The maximum absolute atomic E-state index is 13.6. The number of rotatable bonds is 13. The lowest BCUT2D eigenvalue weighted by molar-refractivity contribution is -0.171. The van der Waals surface area contributed by atoms with Gasteiger partial charge in [-0.3, -0.25) is 30.2 Å². The zero-order chi connectivity index (χ0) is 38.3. The van der Waals surface area contributed by atoms with Gasteiger partial charge in [-0.25, -0.2) is 24.1 Å². The van der Waals surface area contributed by atoms with Crippen molar-refractivity contribution in [2.45, 2.75) is 38.7 Å². The average molecular weight is 742 g/mol. The summed E-state index contributed by atoms with van der Waals surface area (Å²) in [6.07, 6.45) is -1.24. The van der Waals surface area contributed by atoms with Crippen LogP contribution in [-0.2, 0) is 43.6 Å². The molecule has 0 spiro atoms. The number of ether oxygens (including phenoxy) is 3. The number of β-lactam (4-membered cyclic amide) rings is 1. The molecule has 54 heavy (non-hydrogen) atoms. The van der Waals surface area contributed by atoms with Gasteiger partial charge < -0.3 is 19.1 Å². The molecule has 2 N–H and O–H groups in total. The molecule has 3 aromatic rings. The molecule has 0 aromatic heterocycles. The predicted octanol–water partition coefficient (Wildman–Crippen LogP) is 3.80. The Hall–Kier alpha value is -5.80. The number of hydrogen-bond acceptors (Lipinski definition) is 11. The molecule has 15 nitrogen and oxygen atoms in total. The van der Waals surface area contributed by atoms with Gasteiger partial charge in [0.2, 0.25) is 11.9 Å². The third kappa shape index (κ3) is 11.6. The highest BCUT2D eigenvalue weighted by atomic mass is 16.6. The second-order valence-corrected chi connectivity index (χ2v) is 13.2. The highest BCUT2D eigenvalue weighted by Crippen LogP contribution is 2.33. The summed E-state index contributed by atoms with van der Waals surface area (Å²) in [5, 5.41) is 4.89. The number of carbonyl (C=O) groups is 5. The van der Waals surface area contributed by atoms with Gasteiger partial charge in [-0.05, 0) is 43.6 Å². The van der Waals surface area contributed by atoms with Gasteiger partial charge in [0.25, 0.3) is 0 Å². The summed E-state index contributed by atoms with van der Waals surface area (Å²) in [5.41, 5.74) is 2.30. The van der Waals surface area contributed by atoms with Crippen LogP contribution in [0, 0.1) is 5.92 Å². The number of likely N-dealkylation sites (tertiary alicyclic amines) is 1. The van der Waals surface area contributed by atoms with E-state index in [-0.39, 0.29) is 45.2 Å². The van der Waals surface area contributed by atoms with Crippen LogP contribution in [0.25, 0.3) is 0 Å². The quantitative estimate of drug-likeness (QED) is 0.0659. The molecular formula is C39H47N7O8. The van der Waals surface area contributed by atoms with Gasteiger partial charge >= 0.3 is 24.2 Å². The lowest BCUT2D eigenvalue weighted by Crippen LogP contribution is -2.69. The van der Waals surface area contributed by atoms with E-state index in [2.05, 4.69) is 20.5 Å². The van der Waals surface area contributed by atoms with Crippen molar-refractivity contribution in [3.05, 3.63) is 108 Å². The largest absolute Gasteiger partial charge is 0.459 e. The molecule has 2 atom stereocenters. The van der Waals surface area contributed by atoms with Crippen molar-refractivity contribution >= 4 is 36.1 Å². The Morgan fingerprint density at radius 3 is 1.69 bits per heavy atom. The zero-order valence-electron chi connectivity index (χ0n) is 30.6. The molecule has 2 saturated heterocycles. The summed E-state index contributed by atoms with van der Waals surface area (Å²) in [5.74, 6) is -2.17. The van der Waals surface area contributed by atoms with Gasteiger partial charge in [-0.15, -0.1) is 0 Å². The molecule has 5 amide bonds. The van der Waals surface area contributed by atoms with Crippen molar-refractivity contribution in [1.29, 1.82) is 0 Å². The Labute approximate surface area is 314 Å². The summed E-state index contributed by atoms with van der Waals surface area (Å²) in [4.78, 5) is 77.2. The maximum Gasteiger partial charge on any atom is 0.414 e. The molecule has 2 aliphatic heterocycles. The first kappa shape index (κ1) is 39.4. The number of guanidine groups is 1. The molecule has 2 unspecified atom stereocenters. The summed E-state index contributed by atoms with van der Waals surface area (Å²) in [6.45, 7) is 2.90. The lowest BCUT2D eigenvalue weighted by atomic mass is 9.83. The highest BCUT2D eigenvalue weighted by molar-refractivity contribution is 6.08. The smallest absolute Gasteiger partial charge is 0.414 e. The Morgan fingerprint density at radius 1 is 0.722 bits per heavy atom. The predicted molar refractivity (Wildman–Crippen MR) is 199 cm³/mol. The fraction of sp³-hybridized carbons (Fsp3) is 0.385. The third-order valence-electron chi connectivity index (χ3n) is 8.82. The van der Waals surface area contributed by atoms with Gasteiger partial charge in [-0.1, -0.05) is 91.0 Å². The number of urea groups is 1. The van der Waals surface area contributed by atoms with Crippen LogP contribution in [0.4, 0.5) is 14.4 Å². The minimum absolute atomic E-state index is 0.00589. The Balaban J connectivity index is 1.21. The Morgan fingerprint density at radius 2 is 1.20 bits per heavy atom. The van der Waals surface area contributed by atoms with Crippen LogP contribution in [0.1, 0.15) is 29.5 Å². The number of amides is 5. The second-order valence-electron chi connectivity index (χ2n) is 13.2. The summed E-state index contributed by atoms with van der Waals surface area (Å²) >= 11 is 0. The molecule has 0 aliphatic carbocycles. The number of esters is 1. The normalized spacial score (nSPS) is 16.9. The number of benzene rings is 3. The standard InChI is InChI=1S/C39H47N7O8/c1-43(2)28-44-21-23-45(24-22-44)39(51)46-33(35(48)52-25-29-13-6-3-7-14-29)32(34(46)47)19-12-20-40-36(41-37(49)53-26-30-15-8-4-9-16-30)42-38(50)54-27-31-17-10-5-11-18-31/h3-11,13-18,32-33H,12,19-28H2,1-2H3,(H2,40,41,42,49,50). The van der Waals surface area contributed by atoms with Gasteiger partial charge in [0.1, 0.15) is 19.8 Å². The van der Waals surface area contributed by atoms with Crippen molar-refractivity contribution in [2.24, 2.45) is 10.9 Å². The molecule has 0 radical (unpaired) electrons. The van der Waals surface area contributed by atoms with E-state index in [9.17, 15) is 24.0 Å². The fourth-order valence-electron chi connectivity index (χ4n) is 6.08. The van der Waals surface area contributed by atoms with Crippen LogP contribution in [0.3, 0.4) is 0 Å². The Bertz CT molecular complexity index is 1680. The van der Waals surface area contributed by atoms with Gasteiger partial charge in [0, 0.05) is 32.7 Å². The van der Waals surface area contributed by atoms with E-state index in [1.807, 2.05) is 85.7 Å². The van der Waals surface area contributed by atoms with Crippen LogP contribution in [0.15, 0.2) is 96.0 Å². The molecule has 15 heteroatoms. The first-order valence-electron chi connectivity index (χ1n) is 17.9. The molecule has 2 heterocycles.